The predicted molar refractivity (Wildman–Crippen MR) is 92.6 cm³/mol. The second-order valence-electron chi connectivity index (χ2n) is 5.14. The molecule has 2 rings (SSSR count). The van der Waals surface area contributed by atoms with Gasteiger partial charge in [-0.1, -0.05) is 59.8 Å². The monoisotopic (exact) mass is 284 g/mol. The summed E-state index contributed by atoms with van der Waals surface area (Å²) in [4.78, 5) is 1.30. The molecular weight excluding hydrogens is 260 g/mol. The second kappa shape index (κ2) is 7.96. The molecule has 1 heteroatoms. The number of benzene rings is 2. The van der Waals surface area contributed by atoms with Crippen LogP contribution >= 0.6 is 11.8 Å². The van der Waals surface area contributed by atoms with E-state index in [1.165, 1.54) is 32.7 Å². The molecule has 106 valence electrons. The molecule has 0 atom stereocenters. The van der Waals surface area contributed by atoms with Gasteiger partial charge in [-0.25, -0.2) is 0 Å². The number of rotatable bonds is 2. The van der Waals surface area contributed by atoms with Crippen LogP contribution in [-0.4, -0.2) is 0 Å². The molecule has 2 aromatic rings. The van der Waals surface area contributed by atoms with Crippen molar-refractivity contribution in [3.05, 3.63) is 76.2 Å². The molecule has 0 amide bonds. The third kappa shape index (κ3) is 5.26. The summed E-state index contributed by atoms with van der Waals surface area (Å²) in [7, 11) is 0. The molecule has 0 saturated heterocycles. The van der Waals surface area contributed by atoms with E-state index in [4.69, 9.17) is 0 Å². The molecule has 0 aliphatic carbocycles. The largest absolute Gasteiger partial charge is 0.0984 e. The first-order valence-electron chi connectivity index (χ1n) is 6.82. The van der Waals surface area contributed by atoms with E-state index in [0.717, 1.165) is 0 Å². The molecule has 0 bridgehead atoms. The Morgan fingerprint density at radius 2 is 1.30 bits per heavy atom. The van der Waals surface area contributed by atoms with Crippen molar-refractivity contribution >= 4 is 11.8 Å². The van der Waals surface area contributed by atoms with E-state index < -0.39 is 0 Å². The first-order valence-corrected chi connectivity index (χ1v) is 7.70. The molecule has 0 nitrogen and oxygen atoms in total. The highest BCUT2D eigenvalue weighted by Crippen LogP contribution is 2.23. The van der Waals surface area contributed by atoms with Gasteiger partial charge in [0.25, 0.3) is 0 Å². The minimum atomic E-state index is 1.30. The normalized spacial score (nSPS) is 9.65. The average Bonchev–Trinajstić information content (AvgIpc) is 2.39. The number of hydrogen-bond donors (Lipinski definition) is 0. The molecule has 0 fully saturated rings. The van der Waals surface area contributed by atoms with Gasteiger partial charge in [0.05, 0.1) is 0 Å². The standard InChI is InChI=1S/C10H12S.C9H12/c1-4-11-10-6-5-8(2)7-9(10)3;1-7-4-5-8(2)9(3)6-7/h4-7H,1H2,2-3H3;4-6H,1-3H3. The fourth-order valence-corrected chi connectivity index (χ4v) is 2.48. The van der Waals surface area contributed by atoms with E-state index in [-0.39, 0.29) is 0 Å². The first-order chi connectivity index (χ1) is 9.43. The van der Waals surface area contributed by atoms with E-state index in [9.17, 15) is 0 Å². The van der Waals surface area contributed by atoms with E-state index in [0.29, 0.717) is 0 Å². The van der Waals surface area contributed by atoms with Gasteiger partial charge in [0.2, 0.25) is 0 Å². The van der Waals surface area contributed by atoms with Crippen LogP contribution in [0.25, 0.3) is 0 Å². The van der Waals surface area contributed by atoms with Gasteiger partial charge < -0.3 is 0 Å². The summed E-state index contributed by atoms with van der Waals surface area (Å²) in [5, 5.41) is 1.86. The molecule has 0 aliphatic heterocycles. The molecule has 20 heavy (non-hydrogen) atoms. The van der Waals surface area contributed by atoms with Gasteiger partial charge in [0.15, 0.2) is 0 Å². The Balaban J connectivity index is 0.000000204. The van der Waals surface area contributed by atoms with Crippen LogP contribution in [0.5, 0.6) is 0 Å². The summed E-state index contributed by atoms with van der Waals surface area (Å²) in [6, 6.07) is 12.9. The Morgan fingerprint density at radius 3 is 1.75 bits per heavy atom. The van der Waals surface area contributed by atoms with Crippen molar-refractivity contribution in [2.45, 2.75) is 39.5 Å². The second-order valence-corrected chi connectivity index (χ2v) is 6.15. The molecule has 0 spiro atoms. The third-order valence-electron chi connectivity index (χ3n) is 3.20. The van der Waals surface area contributed by atoms with Crippen molar-refractivity contribution in [3.8, 4) is 0 Å². The van der Waals surface area contributed by atoms with Crippen LogP contribution in [0.4, 0.5) is 0 Å². The Hall–Kier alpha value is -1.47. The van der Waals surface area contributed by atoms with Crippen molar-refractivity contribution in [2.75, 3.05) is 0 Å². The molecule has 0 saturated carbocycles. The predicted octanol–water partition coefficient (Wildman–Crippen LogP) is 6.15. The van der Waals surface area contributed by atoms with Crippen molar-refractivity contribution in [1.29, 1.82) is 0 Å². The summed E-state index contributed by atoms with van der Waals surface area (Å²) >= 11 is 1.67. The lowest BCUT2D eigenvalue weighted by Gasteiger charge is -2.01. The topological polar surface area (TPSA) is 0 Å². The lowest BCUT2D eigenvalue weighted by atomic mass is 10.1. The quantitative estimate of drug-likeness (QED) is 0.596. The van der Waals surface area contributed by atoms with Crippen LogP contribution in [0.15, 0.2) is 53.3 Å². The number of thioether (sulfide) groups is 1. The van der Waals surface area contributed by atoms with Gasteiger partial charge in [-0.3, -0.25) is 0 Å². The molecule has 0 N–H and O–H groups in total. The van der Waals surface area contributed by atoms with Gasteiger partial charge in [0.1, 0.15) is 0 Å². The maximum absolute atomic E-state index is 3.68. The molecule has 0 unspecified atom stereocenters. The first kappa shape index (κ1) is 16.6. The van der Waals surface area contributed by atoms with Gasteiger partial charge in [-0.15, -0.1) is 0 Å². The summed E-state index contributed by atoms with van der Waals surface area (Å²) in [6.45, 7) is 14.3. The van der Waals surface area contributed by atoms with E-state index in [1.54, 1.807) is 11.8 Å². The fraction of sp³-hybridized carbons (Fsp3) is 0.263. The van der Waals surface area contributed by atoms with Crippen molar-refractivity contribution < 1.29 is 0 Å². The van der Waals surface area contributed by atoms with Crippen molar-refractivity contribution in [3.63, 3.8) is 0 Å². The van der Waals surface area contributed by atoms with Crippen LogP contribution in [0.2, 0.25) is 0 Å². The Kier molecular flexibility index (Phi) is 6.60. The molecule has 0 heterocycles. The highest BCUT2D eigenvalue weighted by molar-refractivity contribution is 8.02. The molecular formula is C19H24S. The SMILES string of the molecule is C=CSc1ccc(C)cc1C.Cc1ccc(C)c(C)c1. The number of aryl methyl sites for hydroxylation is 5. The highest BCUT2D eigenvalue weighted by atomic mass is 32.2. The van der Waals surface area contributed by atoms with Crippen LogP contribution in [-0.2, 0) is 0 Å². The summed E-state index contributed by atoms with van der Waals surface area (Å²) < 4.78 is 0. The highest BCUT2D eigenvalue weighted by Gasteiger charge is 1.95. The summed E-state index contributed by atoms with van der Waals surface area (Å²) in [5.41, 5.74) is 6.75. The van der Waals surface area contributed by atoms with Gasteiger partial charge in [0, 0.05) is 4.90 Å². The molecule has 0 aromatic heterocycles. The van der Waals surface area contributed by atoms with Gasteiger partial charge in [-0.05, 0) is 62.8 Å². The van der Waals surface area contributed by atoms with Crippen LogP contribution < -0.4 is 0 Å². The van der Waals surface area contributed by atoms with Crippen LogP contribution in [0.3, 0.4) is 0 Å². The number of hydrogen-bond acceptors (Lipinski definition) is 1. The van der Waals surface area contributed by atoms with Crippen molar-refractivity contribution in [2.24, 2.45) is 0 Å². The maximum atomic E-state index is 3.68. The van der Waals surface area contributed by atoms with E-state index in [1.807, 2.05) is 5.41 Å². The van der Waals surface area contributed by atoms with Gasteiger partial charge >= 0.3 is 0 Å². The van der Waals surface area contributed by atoms with Crippen LogP contribution in [0, 0.1) is 34.6 Å². The van der Waals surface area contributed by atoms with E-state index >= 15 is 0 Å². The Morgan fingerprint density at radius 1 is 0.750 bits per heavy atom. The maximum Gasteiger partial charge on any atom is 0.0145 e. The lowest BCUT2D eigenvalue weighted by molar-refractivity contribution is 1.27. The third-order valence-corrected chi connectivity index (χ3v) is 4.08. The minimum absolute atomic E-state index is 1.30. The lowest BCUT2D eigenvalue weighted by Crippen LogP contribution is -1.79. The zero-order valence-corrected chi connectivity index (χ0v) is 14.0. The summed E-state index contributed by atoms with van der Waals surface area (Å²) in [6.07, 6.45) is 0. The minimum Gasteiger partial charge on any atom is -0.0984 e. The molecule has 0 radical (unpaired) electrons. The van der Waals surface area contributed by atoms with Crippen molar-refractivity contribution in [1.82, 2.24) is 0 Å². The van der Waals surface area contributed by atoms with Crippen LogP contribution in [0.1, 0.15) is 27.8 Å². The summed E-state index contributed by atoms with van der Waals surface area (Å²) in [5.74, 6) is 0. The van der Waals surface area contributed by atoms with E-state index in [2.05, 4.69) is 77.6 Å². The fourth-order valence-electron chi connectivity index (χ4n) is 1.91. The van der Waals surface area contributed by atoms with Gasteiger partial charge in [-0.2, -0.15) is 0 Å². The average molecular weight is 284 g/mol. The molecule has 2 aromatic carbocycles. The smallest absolute Gasteiger partial charge is 0.0145 e. The Bertz CT molecular complexity index is 582. The zero-order chi connectivity index (χ0) is 15.1. The Labute approximate surface area is 127 Å². The molecule has 0 aliphatic rings. The zero-order valence-electron chi connectivity index (χ0n) is 13.2.